The average molecular weight is 304 g/mol. The van der Waals surface area contributed by atoms with Crippen LogP contribution in [0.5, 0.6) is 5.75 Å². The van der Waals surface area contributed by atoms with Crippen molar-refractivity contribution in [1.82, 2.24) is 0 Å². The fourth-order valence-electron chi connectivity index (χ4n) is 2.33. The molecular formula is C19H28O3. The SMILES string of the molecule is CCCCCCCCCCC=COc1ccccc1C(=O)O. The third-order valence-electron chi connectivity index (χ3n) is 3.63. The summed E-state index contributed by atoms with van der Waals surface area (Å²) in [5, 5.41) is 9.04. The standard InChI is InChI=1S/C19H28O3/c1-2-3-4-5-6-7-8-9-10-13-16-22-18-15-12-11-14-17(18)19(20)21/h11-16H,2-10H2,1H3,(H,20,21). The van der Waals surface area contributed by atoms with Gasteiger partial charge in [-0.2, -0.15) is 0 Å². The fourth-order valence-corrected chi connectivity index (χ4v) is 2.33. The summed E-state index contributed by atoms with van der Waals surface area (Å²) in [5.41, 5.74) is 0.194. The van der Waals surface area contributed by atoms with Gasteiger partial charge in [-0.25, -0.2) is 4.79 Å². The molecule has 0 aliphatic rings. The molecule has 0 fully saturated rings. The molecule has 0 aliphatic heterocycles. The highest BCUT2D eigenvalue weighted by Crippen LogP contribution is 2.18. The van der Waals surface area contributed by atoms with Gasteiger partial charge >= 0.3 is 5.97 Å². The maximum atomic E-state index is 11.0. The molecule has 1 rings (SSSR count). The van der Waals surface area contributed by atoms with E-state index in [4.69, 9.17) is 9.84 Å². The van der Waals surface area contributed by atoms with Crippen LogP contribution in [0, 0.1) is 0 Å². The molecule has 3 nitrogen and oxygen atoms in total. The van der Waals surface area contributed by atoms with Gasteiger partial charge in [0.25, 0.3) is 0 Å². The molecule has 0 unspecified atom stereocenters. The quantitative estimate of drug-likeness (QED) is 0.391. The van der Waals surface area contributed by atoms with Gasteiger partial charge in [0, 0.05) is 0 Å². The molecule has 1 N–H and O–H groups in total. The van der Waals surface area contributed by atoms with E-state index in [1.807, 2.05) is 6.08 Å². The molecule has 1 aromatic rings. The van der Waals surface area contributed by atoms with Crippen LogP contribution in [-0.4, -0.2) is 11.1 Å². The number of carbonyl (C=O) groups is 1. The number of allylic oxidation sites excluding steroid dienone is 1. The number of benzene rings is 1. The lowest BCUT2D eigenvalue weighted by Crippen LogP contribution is -1.99. The zero-order valence-corrected chi connectivity index (χ0v) is 13.6. The van der Waals surface area contributed by atoms with E-state index in [9.17, 15) is 4.79 Å². The molecule has 0 atom stereocenters. The van der Waals surface area contributed by atoms with E-state index in [-0.39, 0.29) is 5.56 Å². The van der Waals surface area contributed by atoms with Gasteiger partial charge in [0.15, 0.2) is 0 Å². The Labute approximate surface area is 134 Å². The molecule has 0 amide bonds. The number of rotatable bonds is 12. The van der Waals surface area contributed by atoms with E-state index < -0.39 is 5.97 Å². The number of aromatic carboxylic acids is 1. The van der Waals surface area contributed by atoms with E-state index in [0.29, 0.717) is 5.75 Å². The molecule has 1 aromatic carbocycles. The molecule has 0 bridgehead atoms. The Hall–Kier alpha value is -1.77. The zero-order chi connectivity index (χ0) is 16.0. The van der Waals surface area contributed by atoms with Crippen LogP contribution in [0.25, 0.3) is 0 Å². The fraction of sp³-hybridized carbons (Fsp3) is 0.526. The summed E-state index contributed by atoms with van der Waals surface area (Å²) in [6.07, 6.45) is 15.0. The molecule has 0 saturated heterocycles. The van der Waals surface area contributed by atoms with E-state index >= 15 is 0 Å². The third kappa shape index (κ3) is 7.87. The highest BCUT2D eigenvalue weighted by Gasteiger charge is 2.08. The molecule has 0 saturated carbocycles. The number of ether oxygens (including phenoxy) is 1. The highest BCUT2D eigenvalue weighted by atomic mass is 16.5. The third-order valence-corrected chi connectivity index (χ3v) is 3.63. The predicted octanol–water partition coefficient (Wildman–Crippen LogP) is 5.81. The first kappa shape index (κ1) is 18.3. The summed E-state index contributed by atoms with van der Waals surface area (Å²) < 4.78 is 5.41. The number of unbranched alkanes of at least 4 members (excludes halogenated alkanes) is 8. The molecule has 0 aliphatic carbocycles. The van der Waals surface area contributed by atoms with Crippen molar-refractivity contribution in [2.24, 2.45) is 0 Å². The number of para-hydroxylation sites is 1. The van der Waals surface area contributed by atoms with Crippen LogP contribution >= 0.6 is 0 Å². The lowest BCUT2D eigenvalue weighted by atomic mass is 10.1. The second kappa shape index (κ2) is 11.8. The van der Waals surface area contributed by atoms with Crippen molar-refractivity contribution in [2.45, 2.75) is 64.7 Å². The maximum absolute atomic E-state index is 11.0. The first-order valence-corrected chi connectivity index (χ1v) is 8.39. The zero-order valence-electron chi connectivity index (χ0n) is 13.6. The van der Waals surface area contributed by atoms with Crippen molar-refractivity contribution >= 4 is 5.97 Å². The number of hydrogen-bond acceptors (Lipinski definition) is 2. The van der Waals surface area contributed by atoms with Crippen molar-refractivity contribution in [3.63, 3.8) is 0 Å². The number of hydrogen-bond donors (Lipinski definition) is 1. The highest BCUT2D eigenvalue weighted by molar-refractivity contribution is 5.90. The molecular weight excluding hydrogens is 276 g/mol. The Kier molecular flexibility index (Phi) is 9.84. The monoisotopic (exact) mass is 304 g/mol. The Morgan fingerprint density at radius 3 is 2.36 bits per heavy atom. The molecule has 3 heteroatoms. The smallest absolute Gasteiger partial charge is 0.339 e. The van der Waals surface area contributed by atoms with Crippen LogP contribution in [0.4, 0.5) is 0 Å². The Balaban J connectivity index is 2.11. The average Bonchev–Trinajstić information content (AvgIpc) is 2.53. The van der Waals surface area contributed by atoms with E-state index in [0.717, 1.165) is 12.8 Å². The first-order valence-electron chi connectivity index (χ1n) is 8.39. The summed E-state index contributed by atoms with van der Waals surface area (Å²) in [7, 11) is 0. The molecule has 0 radical (unpaired) electrons. The van der Waals surface area contributed by atoms with Gasteiger partial charge in [0.05, 0.1) is 6.26 Å². The minimum atomic E-state index is -0.966. The van der Waals surface area contributed by atoms with Gasteiger partial charge in [-0.1, -0.05) is 64.0 Å². The van der Waals surface area contributed by atoms with Crippen LogP contribution < -0.4 is 4.74 Å². The normalized spacial score (nSPS) is 11.0. The lowest BCUT2D eigenvalue weighted by molar-refractivity contribution is 0.0694. The van der Waals surface area contributed by atoms with Gasteiger partial charge in [-0.15, -0.1) is 0 Å². The predicted molar refractivity (Wildman–Crippen MR) is 90.4 cm³/mol. The van der Waals surface area contributed by atoms with E-state index in [1.54, 1.807) is 30.5 Å². The molecule has 122 valence electrons. The van der Waals surface area contributed by atoms with Crippen molar-refractivity contribution in [2.75, 3.05) is 0 Å². The van der Waals surface area contributed by atoms with Crippen molar-refractivity contribution in [3.8, 4) is 5.75 Å². The summed E-state index contributed by atoms with van der Waals surface area (Å²) in [6.45, 7) is 2.24. The van der Waals surface area contributed by atoms with Gasteiger partial charge in [0.1, 0.15) is 11.3 Å². The van der Waals surface area contributed by atoms with Crippen LogP contribution in [0.15, 0.2) is 36.6 Å². The van der Waals surface area contributed by atoms with Crippen LogP contribution in [0.2, 0.25) is 0 Å². The molecule has 0 aromatic heterocycles. The number of carboxylic acid groups (broad SMARTS) is 1. The molecule has 22 heavy (non-hydrogen) atoms. The Bertz CT molecular complexity index is 452. The minimum absolute atomic E-state index is 0.194. The van der Waals surface area contributed by atoms with Gasteiger partial charge in [0.2, 0.25) is 0 Å². The van der Waals surface area contributed by atoms with Gasteiger partial charge in [-0.3, -0.25) is 0 Å². The Morgan fingerprint density at radius 1 is 1.05 bits per heavy atom. The summed E-state index contributed by atoms with van der Waals surface area (Å²) in [6, 6.07) is 6.68. The number of carboxylic acids is 1. The van der Waals surface area contributed by atoms with Crippen molar-refractivity contribution in [1.29, 1.82) is 0 Å². The topological polar surface area (TPSA) is 46.5 Å². The van der Waals surface area contributed by atoms with E-state index in [2.05, 4.69) is 6.92 Å². The van der Waals surface area contributed by atoms with Crippen LogP contribution in [0.3, 0.4) is 0 Å². The van der Waals surface area contributed by atoms with Gasteiger partial charge in [-0.05, 0) is 31.1 Å². The Morgan fingerprint density at radius 2 is 1.68 bits per heavy atom. The minimum Gasteiger partial charge on any atom is -0.478 e. The molecule has 0 heterocycles. The van der Waals surface area contributed by atoms with Crippen LogP contribution in [-0.2, 0) is 0 Å². The lowest BCUT2D eigenvalue weighted by Gasteiger charge is -2.04. The molecule has 0 spiro atoms. The van der Waals surface area contributed by atoms with Crippen molar-refractivity contribution < 1.29 is 14.6 Å². The largest absolute Gasteiger partial charge is 0.478 e. The summed E-state index contributed by atoms with van der Waals surface area (Å²) in [5.74, 6) is -0.575. The van der Waals surface area contributed by atoms with Crippen molar-refractivity contribution in [3.05, 3.63) is 42.2 Å². The second-order valence-corrected chi connectivity index (χ2v) is 5.55. The second-order valence-electron chi connectivity index (χ2n) is 5.55. The first-order chi connectivity index (χ1) is 10.8. The summed E-state index contributed by atoms with van der Waals surface area (Å²) >= 11 is 0. The van der Waals surface area contributed by atoms with E-state index in [1.165, 1.54) is 44.9 Å². The van der Waals surface area contributed by atoms with Crippen LogP contribution in [0.1, 0.15) is 75.1 Å². The summed E-state index contributed by atoms with van der Waals surface area (Å²) in [4.78, 5) is 11.0. The van der Waals surface area contributed by atoms with Gasteiger partial charge < -0.3 is 9.84 Å². The maximum Gasteiger partial charge on any atom is 0.339 e.